The number of anilines is 1. The Bertz CT molecular complexity index is 800. The summed E-state index contributed by atoms with van der Waals surface area (Å²) in [5.41, 5.74) is 5.76. The average Bonchev–Trinajstić information content (AvgIpc) is 3.16. The van der Waals surface area contributed by atoms with Gasteiger partial charge in [-0.2, -0.15) is 5.10 Å². The van der Waals surface area contributed by atoms with Gasteiger partial charge in [0.25, 0.3) is 0 Å². The van der Waals surface area contributed by atoms with Crippen LogP contribution in [0.5, 0.6) is 0 Å². The number of fused-ring (bicyclic) bond motifs is 1. The van der Waals surface area contributed by atoms with Gasteiger partial charge in [0.15, 0.2) is 5.76 Å². The smallest absolute Gasteiger partial charge is 0.154 e. The fraction of sp³-hybridized carbons (Fsp3) is 0.235. The zero-order valence-corrected chi connectivity index (χ0v) is 12.2. The molecule has 1 aliphatic heterocycles. The third-order valence-electron chi connectivity index (χ3n) is 4.00. The van der Waals surface area contributed by atoms with Gasteiger partial charge in [-0.05, 0) is 49.6 Å². The summed E-state index contributed by atoms with van der Waals surface area (Å²) in [6.07, 6.45) is 2.68. The molecule has 21 heavy (non-hydrogen) atoms. The van der Waals surface area contributed by atoms with Crippen molar-refractivity contribution in [3.8, 4) is 17.1 Å². The number of hydrogen-bond donors (Lipinski definition) is 1. The summed E-state index contributed by atoms with van der Waals surface area (Å²) in [6, 6.07) is 10.3. The van der Waals surface area contributed by atoms with Crippen LogP contribution in [0.15, 0.2) is 41.0 Å². The van der Waals surface area contributed by atoms with Crippen molar-refractivity contribution in [2.24, 2.45) is 0 Å². The molecule has 0 atom stereocenters. The maximum absolute atomic E-state index is 5.54. The third kappa shape index (κ3) is 1.87. The Balaban J connectivity index is 1.95. The molecule has 0 bridgehead atoms. The summed E-state index contributed by atoms with van der Waals surface area (Å²) >= 11 is 0. The molecule has 4 nitrogen and oxygen atoms in total. The van der Waals surface area contributed by atoms with E-state index in [2.05, 4.69) is 37.4 Å². The van der Waals surface area contributed by atoms with Gasteiger partial charge < -0.3 is 9.73 Å². The lowest BCUT2D eigenvalue weighted by molar-refractivity contribution is 0.578. The molecule has 1 aliphatic rings. The second-order valence-corrected chi connectivity index (χ2v) is 5.53. The molecule has 0 fully saturated rings. The van der Waals surface area contributed by atoms with Gasteiger partial charge in [0, 0.05) is 12.1 Å². The Morgan fingerprint density at radius 2 is 2.14 bits per heavy atom. The lowest BCUT2D eigenvalue weighted by Crippen LogP contribution is -2.05. The fourth-order valence-electron chi connectivity index (χ4n) is 2.91. The zero-order valence-electron chi connectivity index (χ0n) is 12.2. The van der Waals surface area contributed by atoms with E-state index in [1.54, 1.807) is 6.26 Å². The van der Waals surface area contributed by atoms with Crippen LogP contribution in [-0.2, 0) is 6.42 Å². The van der Waals surface area contributed by atoms with E-state index in [0.717, 1.165) is 35.9 Å². The fourth-order valence-corrected chi connectivity index (χ4v) is 2.91. The molecule has 0 radical (unpaired) electrons. The standard InChI is InChI=1S/C17H17N3O/c1-11-5-6-12(2)14(10-11)20-17-13(7-8-18-17)16(19-20)15-4-3-9-21-15/h3-6,9-10,18H,7-8H2,1-2H3. The summed E-state index contributed by atoms with van der Waals surface area (Å²) in [5, 5.41) is 8.26. The predicted molar refractivity (Wildman–Crippen MR) is 82.9 cm³/mol. The number of rotatable bonds is 2. The number of benzene rings is 1. The van der Waals surface area contributed by atoms with Crippen molar-refractivity contribution < 1.29 is 4.42 Å². The van der Waals surface area contributed by atoms with Crippen LogP contribution in [0.1, 0.15) is 16.7 Å². The summed E-state index contributed by atoms with van der Waals surface area (Å²) in [6.45, 7) is 5.17. The van der Waals surface area contributed by atoms with Crippen molar-refractivity contribution in [3.63, 3.8) is 0 Å². The van der Waals surface area contributed by atoms with Crippen molar-refractivity contribution in [1.82, 2.24) is 9.78 Å². The van der Waals surface area contributed by atoms with Crippen LogP contribution < -0.4 is 5.32 Å². The Morgan fingerprint density at radius 3 is 2.95 bits per heavy atom. The largest absolute Gasteiger partial charge is 0.463 e. The van der Waals surface area contributed by atoms with Crippen LogP contribution >= 0.6 is 0 Å². The van der Waals surface area contributed by atoms with Crippen LogP contribution in [0.2, 0.25) is 0 Å². The van der Waals surface area contributed by atoms with Crippen molar-refractivity contribution in [1.29, 1.82) is 0 Å². The van der Waals surface area contributed by atoms with Crippen LogP contribution in [0, 0.1) is 13.8 Å². The van der Waals surface area contributed by atoms with Crippen molar-refractivity contribution in [2.75, 3.05) is 11.9 Å². The first-order valence-electron chi connectivity index (χ1n) is 7.21. The van der Waals surface area contributed by atoms with E-state index in [4.69, 9.17) is 9.52 Å². The second kappa shape index (κ2) is 4.52. The molecule has 0 unspecified atom stereocenters. The molecule has 4 heteroatoms. The minimum atomic E-state index is 0.832. The molecular formula is C17H17N3O. The van der Waals surface area contributed by atoms with Gasteiger partial charge in [-0.15, -0.1) is 0 Å². The minimum Gasteiger partial charge on any atom is -0.463 e. The van der Waals surface area contributed by atoms with Crippen molar-refractivity contribution in [3.05, 3.63) is 53.3 Å². The molecule has 2 aromatic heterocycles. The van der Waals surface area contributed by atoms with Crippen LogP contribution in [-0.4, -0.2) is 16.3 Å². The Kier molecular flexibility index (Phi) is 2.64. The topological polar surface area (TPSA) is 43.0 Å². The van der Waals surface area contributed by atoms with Crippen LogP contribution in [0.3, 0.4) is 0 Å². The summed E-state index contributed by atoms with van der Waals surface area (Å²) in [7, 11) is 0. The van der Waals surface area contributed by atoms with Gasteiger partial charge in [-0.3, -0.25) is 0 Å². The number of nitrogens with zero attached hydrogens (tertiary/aromatic N) is 2. The quantitative estimate of drug-likeness (QED) is 0.777. The highest BCUT2D eigenvalue weighted by Gasteiger charge is 2.25. The van der Waals surface area contributed by atoms with E-state index in [1.165, 1.54) is 16.7 Å². The molecule has 1 N–H and O–H groups in total. The molecule has 3 aromatic rings. The van der Waals surface area contributed by atoms with Crippen LogP contribution in [0.25, 0.3) is 17.1 Å². The molecule has 0 aliphatic carbocycles. The maximum atomic E-state index is 5.54. The summed E-state index contributed by atoms with van der Waals surface area (Å²) in [5.74, 6) is 1.93. The molecule has 0 spiro atoms. The molecular weight excluding hydrogens is 262 g/mol. The molecule has 0 saturated heterocycles. The monoisotopic (exact) mass is 279 g/mol. The predicted octanol–water partition coefficient (Wildman–Crippen LogP) is 3.72. The average molecular weight is 279 g/mol. The molecule has 0 saturated carbocycles. The molecule has 106 valence electrons. The number of aryl methyl sites for hydroxylation is 2. The SMILES string of the molecule is Cc1ccc(C)c(-n2nc(-c3ccco3)c3c2NCC3)c1. The van der Waals surface area contributed by atoms with Gasteiger partial charge in [0.2, 0.25) is 0 Å². The molecule has 4 rings (SSSR count). The number of furan rings is 1. The van der Waals surface area contributed by atoms with Gasteiger partial charge in [-0.1, -0.05) is 12.1 Å². The van der Waals surface area contributed by atoms with E-state index < -0.39 is 0 Å². The highest BCUT2D eigenvalue weighted by molar-refractivity contribution is 5.70. The zero-order chi connectivity index (χ0) is 14.4. The van der Waals surface area contributed by atoms with E-state index >= 15 is 0 Å². The minimum absolute atomic E-state index is 0.832. The Labute approximate surface area is 123 Å². The first-order chi connectivity index (χ1) is 10.2. The van der Waals surface area contributed by atoms with Gasteiger partial charge >= 0.3 is 0 Å². The van der Waals surface area contributed by atoms with Gasteiger partial charge in [-0.25, -0.2) is 4.68 Å². The second-order valence-electron chi connectivity index (χ2n) is 5.53. The lowest BCUT2D eigenvalue weighted by Gasteiger charge is -2.10. The van der Waals surface area contributed by atoms with E-state index in [9.17, 15) is 0 Å². The molecule has 3 heterocycles. The Morgan fingerprint density at radius 1 is 1.24 bits per heavy atom. The summed E-state index contributed by atoms with van der Waals surface area (Å²) < 4.78 is 7.56. The highest BCUT2D eigenvalue weighted by Crippen LogP contribution is 2.35. The number of nitrogens with one attached hydrogen (secondary N) is 1. The highest BCUT2D eigenvalue weighted by atomic mass is 16.3. The lowest BCUT2D eigenvalue weighted by atomic mass is 10.1. The van der Waals surface area contributed by atoms with Gasteiger partial charge in [0.05, 0.1) is 12.0 Å². The first-order valence-corrected chi connectivity index (χ1v) is 7.21. The van der Waals surface area contributed by atoms with E-state index in [1.807, 2.05) is 16.8 Å². The van der Waals surface area contributed by atoms with Crippen LogP contribution in [0.4, 0.5) is 5.82 Å². The Hall–Kier alpha value is -2.49. The van der Waals surface area contributed by atoms with E-state index in [0.29, 0.717) is 0 Å². The number of hydrogen-bond acceptors (Lipinski definition) is 3. The van der Waals surface area contributed by atoms with Crippen molar-refractivity contribution in [2.45, 2.75) is 20.3 Å². The third-order valence-corrected chi connectivity index (χ3v) is 4.00. The maximum Gasteiger partial charge on any atom is 0.154 e. The first kappa shape index (κ1) is 12.3. The van der Waals surface area contributed by atoms with E-state index in [-0.39, 0.29) is 0 Å². The molecule has 1 aromatic carbocycles. The number of aromatic nitrogens is 2. The summed E-state index contributed by atoms with van der Waals surface area (Å²) in [4.78, 5) is 0. The van der Waals surface area contributed by atoms with Gasteiger partial charge in [0.1, 0.15) is 11.5 Å². The van der Waals surface area contributed by atoms with Crippen molar-refractivity contribution >= 4 is 5.82 Å². The normalized spacial score (nSPS) is 13.2. The molecule has 0 amide bonds.